The summed E-state index contributed by atoms with van der Waals surface area (Å²) in [6.07, 6.45) is 0.700. The number of hydrogen-bond acceptors (Lipinski definition) is 5. The van der Waals surface area contributed by atoms with Crippen molar-refractivity contribution in [1.82, 2.24) is 4.90 Å². The summed E-state index contributed by atoms with van der Waals surface area (Å²) in [5, 5.41) is 0. The van der Waals surface area contributed by atoms with Crippen molar-refractivity contribution < 1.29 is 23.8 Å². The molecule has 0 radical (unpaired) electrons. The fourth-order valence-electron chi connectivity index (χ4n) is 4.16. The van der Waals surface area contributed by atoms with E-state index in [-0.39, 0.29) is 12.5 Å². The molecule has 1 aliphatic heterocycles. The van der Waals surface area contributed by atoms with Crippen LogP contribution in [0.15, 0.2) is 72.8 Å². The SMILES string of the molecule is COc1cc2c(cc1OC)CN(C(=O)COC(=O)C(c1ccccc1)c1ccccc1)CC2. The topological polar surface area (TPSA) is 65.1 Å². The fourth-order valence-corrected chi connectivity index (χ4v) is 4.16. The van der Waals surface area contributed by atoms with E-state index in [9.17, 15) is 9.59 Å². The lowest BCUT2D eigenvalue weighted by atomic mass is 9.91. The number of esters is 1. The summed E-state index contributed by atoms with van der Waals surface area (Å²) in [7, 11) is 3.20. The fraction of sp³-hybridized carbons (Fsp3) is 0.259. The lowest BCUT2D eigenvalue weighted by Gasteiger charge is -2.29. The Hall–Kier alpha value is -3.80. The number of rotatable bonds is 7. The average molecular weight is 446 g/mol. The normalized spacial score (nSPS) is 12.8. The molecule has 0 bridgehead atoms. The maximum absolute atomic E-state index is 13.1. The Kier molecular flexibility index (Phi) is 6.93. The third kappa shape index (κ3) is 5.00. The Morgan fingerprint density at radius 3 is 1.94 bits per heavy atom. The second kappa shape index (κ2) is 10.2. The van der Waals surface area contributed by atoms with E-state index >= 15 is 0 Å². The molecule has 0 aromatic heterocycles. The number of nitrogens with zero attached hydrogens (tertiary/aromatic N) is 1. The smallest absolute Gasteiger partial charge is 0.318 e. The summed E-state index contributed by atoms with van der Waals surface area (Å²) in [5.74, 6) is 0.0654. The molecule has 0 spiro atoms. The average Bonchev–Trinajstić information content (AvgIpc) is 2.87. The number of carbonyl (C=O) groups is 2. The van der Waals surface area contributed by atoms with E-state index in [1.807, 2.05) is 72.8 Å². The van der Waals surface area contributed by atoms with Gasteiger partial charge in [-0.2, -0.15) is 0 Å². The lowest BCUT2D eigenvalue weighted by Crippen LogP contribution is -2.39. The Labute approximate surface area is 193 Å². The maximum atomic E-state index is 13.1. The van der Waals surface area contributed by atoms with Crippen LogP contribution < -0.4 is 9.47 Å². The molecule has 0 unspecified atom stereocenters. The highest BCUT2D eigenvalue weighted by atomic mass is 16.5. The van der Waals surface area contributed by atoms with Crippen molar-refractivity contribution in [3.05, 3.63) is 95.1 Å². The molecule has 6 nitrogen and oxygen atoms in total. The second-order valence-electron chi connectivity index (χ2n) is 7.90. The van der Waals surface area contributed by atoms with E-state index in [1.165, 1.54) is 0 Å². The first-order valence-corrected chi connectivity index (χ1v) is 10.9. The van der Waals surface area contributed by atoms with E-state index in [1.54, 1.807) is 19.1 Å². The molecule has 3 aromatic carbocycles. The van der Waals surface area contributed by atoms with Gasteiger partial charge in [-0.3, -0.25) is 9.59 Å². The van der Waals surface area contributed by atoms with Crippen LogP contribution >= 0.6 is 0 Å². The van der Waals surface area contributed by atoms with Crippen molar-refractivity contribution in [2.75, 3.05) is 27.4 Å². The number of hydrogen-bond donors (Lipinski definition) is 0. The van der Waals surface area contributed by atoms with E-state index < -0.39 is 11.9 Å². The number of methoxy groups -OCH3 is 2. The number of carbonyl (C=O) groups excluding carboxylic acids is 2. The molecular formula is C27H27NO5. The van der Waals surface area contributed by atoms with Gasteiger partial charge in [0.15, 0.2) is 18.1 Å². The predicted molar refractivity (Wildman–Crippen MR) is 124 cm³/mol. The highest BCUT2D eigenvalue weighted by Gasteiger charge is 2.27. The highest BCUT2D eigenvalue weighted by molar-refractivity contribution is 5.86. The minimum absolute atomic E-state index is 0.219. The first-order chi connectivity index (χ1) is 16.1. The summed E-state index contributed by atoms with van der Waals surface area (Å²) in [6, 6.07) is 22.8. The maximum Gasteiger partial charge on any atom is 0.318 e. The predicted octanol–water partition coefficient (Wildman–Crippen LogP) is 3.96. The van der Waals surface area contributed by atoms with Gasteiger partial charge >= 0.3 is 5.97 Å². The molecule has 170 valence electrons. The molecule has 4 rings (SSSR count). The summed E-state index contributed by atoms with van der Waals surface area (Å²) >= 11 is 0. The van der Waals surface area contributed by atoms with E-state index in [0.29, 0.717) is 31.0 Å². The molecule has 6 heteroatoms. The van der Waals surface area contributed by atoms with Crippen molar-refractivity contribution in [3.8, 4) is 11.5 Å². The van der Waals surface area contributed by atoms with Crippen molar-refractivity contribution >= 4 is 11.9 Å². The molecule has 1 amide bonds. The molecule has 1 aliphatic rings. The largest absolute Gasteiger partial charge is 0.493 e. The van der Waals surface area contributed by atoms with Crippen LogP contribution in [0.2, 0.25) is 0 Å². The van der Waals surface area contributed by atoms with Crippen LogP contribution in [0.5, 0.6) is 11.5 Å². The van der Waals surface area contributed by atoms with E-state index in [2.05, 4.69) is 0 Å². The zero-order chi connectivity index (χ0) is 23.2. The molecule has 33 heavy (non-hydrogen) atoms. The second-order valence-corrected chi connectivity index (χ2v) is 7.90. The highest BCUT2D eigenvalue weighted by Crippen LogP contribution is 2.33. The number of amides is 1. The molecule has 0 aliphatic carbocycles. The first-order valence-electron chi connectivity index (χ1n) is 10.9. The lowest BCUT2D eigenvalue weighted by molar-refractivity contribution is -0.153. The minimum atomic E-state index is -0.584. The van der Waals surface area contributed by atoms with Gasteiger partial charge in [0.05, 0.1) is 14.2 Å². The molecular weight excluding hydrogens is 418 g/mol. The van der Waals surface area contributed by atoms with E-state index in [0.717, 1.165) is 22.3 Å². The van der Waals surface area contributed by atoms with Crippen molar-refractivity contribution in [1.29, 1.82) is 0 Å². The summed E-state index contributed by atoms with van der Waals surface area (Å²) < 4.78 is 16.3. The summed E-state index contributed by atoms with van der Waals surface area (Å²) in [5.41, 5.74) is 3.79. The molecule has 0 saturated carbocycles. The third-order valence-electron chi connectivity index (χ3n) is 5.91. The Morgan fingerprint density at radius 1 is 0.848 bits per heavy atom. The van der Waals surface area contributed by atoms with Crippen LogP contribution in [-0.2, 0) is 27.3 Å². The van der Waals surface area contributed by atoms with Gasteiger partial charge in [0, 0.05) is 13.1 Å². The zero-order valence-corrected chi connectivity index (χ0v) is 18.8. The number of fused-ring (bicyclic) bond motifs is 1. The molecule has 0 N–H and O–H groups in total. The molecule has 0 fully saturated rings. The molecule has 1 heterocycles. The summed E-state index contributed by atoms with van der Waals surface area (Å²) in [6.45, 7) is 0.699. The monoisotopic (exact) mass is 445 g/mol. The van der Waals surface area contributed by atoms with Gasteiger partial charge in [-0.25, -0.2) is 0 Å². The van der Waals surface area contributed by atoms with Gasteiger partial charge in [0.25, 0.3) is 5.91 Å². The van der Waals surface area contributed by atoms with Gasteiger partial charge in [0.2, 0.25) is 0 Å². The quantitative estimate of drug-likeness (QED) is 0.515. The Bertz CT molecular complexity index is 1070. The van der Waals surface area contributed by atoms with Gasteiger partial charge in [-0.05, 0) is 40.8 Å². The van der Waals surface area contributed by atoms with Crippen molar-refractivity contribution in [3.63, 3.8) is 0 Å². The van der Waals surface area contributed by atoms with Crippen LogP contribution in [0, 0.1) is 0 Å². The van der Waals surface area contributed by atoms with E-state index in [4.69, 9.17) is 14.2 Å². The van der Waals surface area contributed by atoms with Crippen LogP contribution in [-0.4, -0.2) is 44.1 Å². The minimum Gasteiger partial charge on any atom is -0.493 e. The van der Waals surface area contributed by atoms with Crippen LogP contribution in [0.25, 0.3) is 0 Å². The van der Waals surface area contributed by atoms with Gasteiger partial charge in [-0.15, -0.1) is 0 Å². The van der Waals surface area contributed by atoms with Gasteiger partial charge in [0.1, 0.15) is 5.92 Å². The zero-order valence-electron chi connectivity index (χ0n) is 18.8. The van der Waals surface area contributed by atoms with Crippen molar-refractivity contribution in [2.24, 2.45) is 0 Å². The molecule has 0 atom stereocenters. The summed E-state index contributed by atoms with van der Waals surface area (Å²) in [4.78, 5) is 27.6. The standard InChI is InChI=1S/C27H27NO5/c1-31-23-15-21-13-14-28(17-22(21)16-24(23)32-2)25(29)18-33-27(30)26(19-9-5-3-6-10-19)20-11-7-4-8-12-20/h3-12,15-16,26H,13-14,17-18H2,1-2H3. The van der Waals surface area contributed by atoms with Gasteiger partial charge in [-0.1, -0.05) is 60.7 Å². The Morgan fingerprint density at radius 2 is 1.39 bits per heavy atom. The van der Waals surface area contributed by atoms with Crippen LogP contribution in [0.1, 0.15) is 28.2 Å². The Balaban J connectivity index is 1.44. The third-order valence-corrected chi connectivity index (χ3v) is 5.91. The number of ether oxygens (including phenoxy) is 3. The first kappa shape index (κ1) is 22.4. The van der Waals surface area contributed by atoms with Crippen molar-refractivity contribution in [2.45, 2.75) is 18.9 Å². The molecule has 3 aromatic rings. The molecule has 0 saturated heterocycles. The number of benzene rings is 3. The van der Waals surface area contributed by atoms with Crippen LogP contribution in [0.4, 0.5) is 0 Å². The van der Waals surface area contributed by atoms with Crippen LogP contribution in [0.3, 0.4) is 0 Å². The van der Waals surface area contributed by atoms with Gasteiger partial charge < -0.3 is 19.1 Å².